The van der Waals surface area contributed by atoms with E-state index in [1.807, 2.05) is 38.1 Å². The third-order valence-corrected chi connectivity index (χ3v) is 7.10. The highest BCUT2D eigenvalue weighted by Gasteiger charge is 2.41. The van der Waals surface area contributed by atoms with Crippen molar-refractivity contribution >= 4 is 21.8 Å². The van der Waals surface area contributed by atoms with E-state index in [1.54, 1.807) is 4.90 Å². The standard InChI is InChI=1S/C21H31N3O5S/c1-3-19(21(26)23-11-13-29-14-12-23)24-10-8-18(20(24)25)22-30(27,28)15-9-17-6-4-16(2)5-7-17/h4-7,18-19,22H,3,8-15H2,1-2H3/t18-,19-/m0/s1. The number of rotatable bonds is 8. The topological polar surface area (TPSA) is 96.0 Å². The number of sulfonamides is 1. The normalized spacial score (nSPS) is 21.1. The lowest BCUT2D eigenvalue weighted by atomic mass is 10.1. The molecule has 2 aliphatic rings. The van der Waals surface area contributed by atoms with E-state index >= 15 is 0 Å². The molecule has 1 aromatic rings. The molecule has 3 rings (SSSR count). The fourth-order valence-corrected chi connectivity index (χ4v) is 5.20. The third kappa shape index (κ3) is 5.59. The highest BCUT2D eigenvalue weighted by molar-refractivity contribution is 7.89. The number of nitrogens with one attached hydrogen (secondary N) is 1. The molecule has 166 valence electrons. The summed E-state index contributed by atoms with van der Waals surface area (Å²) in [6, 6.07) is 6.36. The van der Waals surface area contributed by atoms with E-state index in [0.29, 0.717) is 52.1 Å². The maximum atomic E-state index is 12.9. The van der Waals surface area contributed by atoms with E-state index < -0.39 is 22.1 Å². The van der Waals surface area contributed by atoms with Gasteiger partial charge in [-0.1, -0.05) is 36.8 Å². The lowest BCUT2D eigenvalue weighted by molar-refractivity contribution is -0.146. The Labute approximate surface area is 178 Å². The number of morpholine rings is 1. The van der Waals surface area contributed by atoms with Crippen LogP contribution < -0.4 is 4.72 Å². The minimum Gasteiger partial charge on any atom is -0.378 e. The van der Waals surface area contributed by atoms with Gasteiger partial charge in [-0.2, -0.15) is 0 Å². The summed E-state index contributed by atoms with van der Waals surface area (Å²) >= 11 is 0. The van der Waals surface area contributed by atoms with Crippen molar-refractivity contribution in [3.8, 4) is 0 Å². The van der Waals surface area contributed by atoms with Gasteiger partial charge < -0.3 is 14.5 Å². The lowest BCUT2D eigenvalue weighted by Crippen LogP contribution is -2.53. The Morgan fingerprint density at radius 2 is 1.87 bits per heavy atom. The summed E-state index contributed by atoms with van der Waals surface area (Å²) in [6.45, 7) is 6.26. The Kier molecular flexibility index (Phi) is 7.49. The Hall–Kier alpha value is -1.97. The van der Waals surface area contributed by atoms with Crippen molar-refractivity contribution in [2.75, 3.05) is 38.6 Å². The molecule has 0 saturated carbocycles. The molecule has 0 bridgehead atoms. The van der Waals surface area contributed by atoms with Gasteiger partial charge in [0, 0.05) is 19.6 Å². The SMILES string of the molecule is CC[C@@H](C(=O)N1CCOCC1)N1CC[C@H](NS(=O)(=O)CCc2ccc(C)cc2)C1=O. The highest BCUT2D eigenvalue weighted by atomic mass is 32.2. The molecule has 1 N–H and O–H groups in total. The number of carbonyl (C=O) groups is 2. The maximum Gasteiger partial charge on any atom is 0.245 e. The van der Waals surface area contributed by atoms with Crippen LogP contribution in [0.5, 0.6) is 0 Å². The van der Waals surface area contributed by atoms with E-state index in [4.69, 9.17) is 4.74 Å². The zero-order valence-electron chi connectivity index (χ0n) is 17.7. The number of benzene rings is 1. The molecule has 0 unspecified atom stereocenters. The predicted molar refractivity (Wildman–Crippen MR) is 113 cm³/mol. The molecule has 0 aliphatic carbocycles. The van der Waals surface area contributed by atoms with Crippen LogP contribution in [0.3, 0.4) is 0 Å². The zero-order chi connectivity index (χ0) is 21.7. The van der Waals surface area contributed by atoms with Crippen molar-refractivity contribution in [3.05, 3.63) is 35.4 Å². The van der Waals surface area contributed by atoms with Crippen LogP contribution in [-0.4, -0.2) is 80.7 Å². The first kappa shape index (κ1) is 22.7. The molecule has 0 radical (unpaired) electrons. The maximum absolute atomic E-state index is 12.9. The monoisotopic (exact) mass is 437 g/mol. The first-order valence-electron chi connectivity index (χ1n) is 10.5. The lowest BCUT2D eigenvalue weighted by Gasteiger charge is -2.34. The second-order valence-corrected chi connectivity index (χ2v) is 9.78. The number of amides is 2. The molecule has 2 atom stereocenters. The summed E-state index contributed by atoms with van der Waals surface area (Å²) < 4.78 is 32.9. The van der Waals surface area contributed by atoms with Gasteiger partial charge >= 0.3 is 0 Å². The van der Waals surface area contributed by atoms with Gasteiger partial charge in [0.25, 0.3) is 0 Å². The van der Waals surface area contributed by atoms with E-state index in [-0.39, 0.29) is 17.6 Å². The second-order valence-electron chi connectivity index (χ2n) is 7.91. The predicted octanol–water partition coefficient (Wildman–Crippen LogP) is 0.695. The van der Waals surface area contributed by atoms with Crippen LogP contribution >= 0.6 is 0 Å². The number of ether oxygens (including phenoxy) is 1. The Morgan fingerprint density at radius 1 is 1.20 bits per heavy atom. The Bertz CT molecular complexity index is 850. The number of likely N-dealkylation sites (tertiary alicyclic amines) is 1. The molecule has 2 aliphatic heterocycles. The first-order chi connectivity index (χ1) is 14.3. The zero-order valence-corrected chi connectivity index (χ0v) is 18.5. The molecule has 2 amide bonds. The summed E-state index contributed by atoms with van der Waals surface area (Å²) in [5.41, 5.74) is 2.06. The van der Waals surface area contributed by atoms with Gasteiger partial charge in [-0.15, -0.1) is 0 Å². The molecule has 9 heteroatoms. The van der Waals surface area contributed by atoms with Crippen molar-refractivity contribution in [3.63, 3.8) is 0 Å². The van der Waals surface area contributed by atoms with Crippen LogP contribution in [0.25, 0.3) is 0 Å². The molecule has 30 heavy (non-hydrogen) atoms. The highest BCUT2D eigenvalue weighted by Crippen LogP contribution is 2.20. The largest absolute Gasteiger partial charge is 0.378 e. The quantitative estimate of drug-likeness (QED) is 0.646. The summed E-state index contributed by atoms with van der Waals surface area (Å²) in [4.78, 5) is 29.0. The van der Waals surface area contributed by atoms with Gasteiger partial charge in [0.2, 0.25) is 21.8 Å². The Balaban J connectivity index is 1.57. The van der Waals surface area contributed by atoms with Crippen LogP contribution in [-0.2, 0) is 30.8 Å². The molecule has 2 fully saturated rings. The van der Waals surface area contributed by atoms with E-state index in [9.17, 15) is 18.0 Å². The van der Waals surface area contributed by atoms with Crippen molar-refractivity contribution in [1.82, 2.24) is 14.5 Å². The molecular weight excluding hydrogens is 406 g/mol. The number of hydrogen-bond acceptors (Lipinski definition) is 5. The van der Waals surface area contributed by atoms with Crippen LogP contribution in [0.1, 0.15) is 30.9 Å². The van der Waals surface area contributed by atoms with Crippen LogP contribution in [0.2, 0.25) is 0 Å². The van der Waals surface area contributed by atoms with E-state index in [2.05, 4.69) is 4.72 Å². The van der Waals surface area contributed by atoms with Gasteiger partial charge in [0.1, 0.15) is 12.1 Å². The fourth-order valence-electron chi connectivity index (χ4n) is 3.93. The molecular formula is C21H31N3O5S. The minimum atomic E-state index is -3.61. The number of aryl methyl sites for hydroxylation is 2. The van der Waals surface area contributed by atoms with Crippen molar-refractivity contribution < 1.29 is 22.7 Å². The average Bonchev–Trinajstić information content (AvgIpc) is 3.08. The van der Waals surface area contributed by atoms with Gasteiger partial charge in [-0.05, 0) is 31.7 Å². The fraction of sp³-hybridized carbons (Fsp3) is 0.619. The molecule has 2 heterocycles. The summed E-state index contributed by atoms with van der Waals surface area (Å²) in [6.07, 6.45) is 1.25. The Morgan fingerprint density at radius 3 is 2.50 bits per heavy atom. The van der Waals surface area contributed by atoms with Gasteiger partial charge in [0.15, 0.2) is 0 Å². The molecule has 2 saturated heterocycles. The number of hydrogen-bond donors (Lipinski definition) is 1. The van der Waals surface area contributed by atoms with Crippen molar-refractivity contribution in [1.29, 1.82) is 0 Å². The molecule has 1 aromatic carbocycles. The van der Waals surface area contributed by atoms with E-state index in [1.165, 1.54) is 4.90 Å². The average molecular weight is 438 g/mol. The summed E-state index contributed by atoms with van der Waals surface area (Å²) in [7, 11) is -3.61. The van der Waals surface area contributed by atoms with Crippen LogP contribution in [0, 0.1) is 6.92 Å². The summed E-state index contributed by atoms with van der Waals surface area (Å²) in [5, 5.41) is 0. The number of carbonyl (C=O) groups excluding carboxylic acids is 2. The van der Waals surface area contributed by atoms with Crippen LogP contribution in [0.15, 0.2) is 24.3 Å². The molecule has 0 spiro atoms. The van der Waals surface area contributed by atoms with Gasteiger partial charge in [-0.3, -0.25) is 9.59 Å². The van der Waals surface area contributed by atoms with Crippen molar-refractivity contribution in [2.24, 2.45) is 0 Å². The second kappa shape index (κ2) is 9.89. The molecule has 8 nitrogen and oxygen atoms in total. The van der Waals surface area contributed by atoms with Crippen LogP contribution in [0.4, 0.5) is 0 Å². The van der Waals surface area contributed by atoms with Gasteiger partial charge in [-0.25, -0.2) is 13.1 Å². The first-order valence-corrected chi connectivity index (χ1v) is 12.2. The third-order valence-electron chi connectivity index (χ3n) is 5.71. The van der Waals surface area contributed by atoms with Crippen molar-refractivity contribution in [2.45, 2.75) is 45.2 Å². The number of nitrogens with zero attached hydrogens (tertiary/aromatic N) is 2. The molecule has 0 aromatic heterocycles. The minimum absolute atomic E-state index is 0.0796. The van der Waals surface area contributed by atoms with E-state index in [0.717, 1.165) is 11.1 Å². The summed E-state index contributed by atoms with van der Waals surface area (Å²) in [5.74, 6) is -0.483. The smallest absolute Gasteiger partial charge is 0.245 e. The van der Waals surface area contributed by atoms with Gasteiger partial charge in [0.05, 0.1) is 19.0 Å².